The Hall–Kier alpha value is -3.21. The average Bonchev–Trinajstić information content (AvgIpc) is 2.60. The third-order valence-electron chi connectivity index (χ3n) is 5.00. The average molecular weight is 360 g/mol. The van der Waals surface area contributed by atoms with E-state index >= 15 is 0 Å². The molecular weight excluding hydrogens is 340 g/mol. The first-order valence-corrected chi connectivity index (χ1v) is 8.93. The smallest absolute Gasteiger partial charge is 0.261 e. The summed E-state index contributed by atoms with van der Waals surface area (Å²) in [6.07, 6.45) is 1.00. The number of nitrogens with one attached hydrogen (secondary N) is 2. The second-order valence-electron chi connectivity index (χ2n) is 7.83. The van der Waals surface area contributed by atoms with Crippen LogP contribution < -0.4 is 10.9 Å². The summed E-state index contributed by atoms with van der Waals surface area (Å²) in [4.78, 5) is 40.4. The van der Waals surface area contributed by atoms with E-state index in [9.17, 15) is 14.4 Å². The van der Waals surface area contributed by atoms with Crippen molar-refractivity contribution in [2.45, 2.75) is 26.7 Å². The molecule has 5 heteroatoms. The lowest BCUT2D eigenvalue weighted by atomic mass is 9.75. The summed E-state index contributed by atoms with van der Waals surface area (Å²) < 4.78 is 0. The first-order chi connectivity index (χ1) is 12.8. The molecule has 4 rings (SSSR count). The lowest BCUT2D eigenvalue weighted by molar-refractivity contribution is 0.0910. The first kappa shape index (κ1) is 17.2. The van der Waals surface area contributed by atoms with Crippen molar-refractivity contribution in [1.29, 1.82) is 0 Å². The standard InChI is InChI=1S/C22H20N2O3/c1-22(2)11-18-15(19(25)12-22)10-16(21(27)24-18)20(26)23-17-9-5-7-13-6-3-4-8-14(13)17/h3-10H,11-12H2,1-2H3,(H,23,26)(H,24,27). The van der Waals surface area contributed by atoms with Gasteiger partial charge in [0.05, 0.1) is 0 Å². The fraction of sp³-hybridized carbons (Fsp3) is 0.227. The summed E-state index contributed by atoms with van der Waals surface area (Å²) in [6, 6.07) is 14.7. The number of Topliss-reactive ketones (excluding diaryl/α,β-unsaturated/α-hetero) is 1. The normalized spacial score (nSPS) is 15.4. The molecule has 1 amide bonds. The minimum atomic E-state index is -0.520. The number of amides is 1. The van der Waals surface area contributed by atoms with Gasteiger partial charge in [0.25, 0.3) is 11.5 Å². The van der Waals surface area contributed by atoms with Crippen molar-refractivity contribution in [2.24, 2.45) is 5.41 Å². The molecule has 0 fully saturated rings. The number of ketones is 1. The van der Waals surface area contributed by atoms with Gasteiger partial charge in [0.1, 0.15) is 5.56 Å². The Bertz CT molecular complexity index is 1140. The van der Waals surface area contributed by atoms with E-state index in [0.29, 0.717) is 29.8 Å². The number of H-pyrrole nitrogens is 1. The van der Waals surface area contributed by atoms with E-state index in [0.717, 1.165) is 10.8 Å². The molecule has 0 saturated carbocycles. The fourth-order valence-corrected chi connectivity index (χ4v) is 3.72. The number of carbonyl (C=O) groups excluding carboxylic acids is 2. The van der Waals surface area contributed by atoms with E-state index in [1.54, 1.807) is 6.07 Å². The largest absolute Gasteiger partial charge is 0.325 e. The zero-order valence-electron chi connectivity index (χ0n) is 15.3. The van der Waals surface area contributed by atoms with Crippen LogP contribution in [0, 0.1) is 5.41 Å². The van der Waals surface area contributed by atoms with Crippen LogP contribution in [0.25, 0.3) is 10.8 Å². The Labute approximate surface area is 156 Å². The highest BCUT2D eigenvalue weighted by Crippen LogP contribution is 2.33. The molecule has 0 aliphatic heterocycles. The molecule has 2 N–H and O–H groups in total. The Kier molecular flexibility index (Phi) is 3.95. The van der Waals surface area contributed by atoms with Crippen LogP contribution in [0.3, 0.4) is 0 Å². The van der Waals surface area contributed by atoms with E-state index in [1.165, 1.54) is 6.07 Å². The quantitative estimate of drug-likeness (QED) is 0.727. The SMILES string of the molecule is CC1(C)CC(=O)c2cc(C(=O)Nc3cccc4ccccc34)c(=O)[nH]c2C1. The Morgan fingerprint density at radius 1 is 1.04 bits per heavy atom. The van der Waals surface area contributed by atoms with Crippen molar-refractivity contribution >= 4 is 28.2 Å². The number of anilines is 1. The predicted octanol–water partition coefficient (Wildman–Crippen LogP) is 3.94. The maximum Gasteiger partial charge on any atom is 0.261 e. The molecule has 0 spiro atoms. The minimum absolute atomic E-state index is 0.0447. The van der Waals surface area contributed by atoms with Crippen LogP contribution in [0.4, 0.5) is 5.69 Å². The van der Waals surface area contributed by atoms with Crippen LogP contribution in [0.5, 0.6) is 0 Å². The number of aromatic nitrogens is 1. The molecule has 27 heavy (non-hydrogen) atoms. The van der Waals surface area contributed by atoms with Gasteiger partial charge in [-0.25, -0.2) is 0 Å². The summed E-state index contributed by atoms with van der Waals surface area (Å²) in [5.41, 5.74) is 0.967. The Balaban J connectivity index is 1.72. The highest BCUT2D eigenvalue weighted by molar-refractivity contribution is 6.10. The van der Waals surface area contributed by atoms with Crippen LogP contribution in [-0.4, -0.2) is 16.7 Å². The molecule has 136 valence electrons. The number of hydrogen-bond donors (Lipinski definition) is 2. The second-order valence-corrected chi connectivity index (χ2v) is 7.83. The number of hydrogen-bond acceptors (Lipinski definition) is 3. The van der Waals surface area contributed by atoms with Gasteiger partial charge in [-0.15, -0.1) is 0 Å². The summed E-state index contributed by atoms with van der Waals surface area (Å²) in [5, 5.41) is 4.69. The van der Waals surface area contributed by atoms with Crippen LogP contribution in [0.15, 0.2) is 53.3 Å². The topological polar surface area (TPSA) is 79.0 Å². The molecule has 0 atom stereocenters. The van der Waals surface area contributed by atoms with Crippen molar-refractivity contribution in [3.8, 4) is 0 Å². The van der Waals surface area contributed by atoms with Crippen molar-refractivity contribution < 1.29 is 9.59 Å². The zero-order valence-corrected chi connectivity index (χ0v) is 15.3. The molecule has 5 nitrogen and oxygen atoms in total. The fourth-order valence-electron chi connectivity index (χ4n) is 3.72. The molecular formula is C22H20N2O3. The van der Waals surface area contributed by atoms with Gasteiger partial charge >= 0.3 is 0 Å². The lowest BCUT2D eigenvalue weighted by Gasteiger charge is -2.29. The molecule has 0 unspecified atom stereocenters. The minimum Gasteiger partial charge on any atom is -0.325 e. The highest BCUT2D eigenvalue weighted by Gasteiger charge is 2.32. The van der Waals surface area contributed by atoms with Crippen LogP contribution in [0.1, 0.15) is 46.7 Å². The van der Waals surface area contributed by atoms with Gasteiger partial charge < -0.3 is 10.3 Å². The second kappa shape index (κ2) is 6.20. The van der Waals surface area contributed by atoms with E-state index < -0.39 is 11.5 Å². The lowest BCUT2D eigenvalue weighted by Crippen LogP contribution is -2.32. The Morgan fingerprint density at radius 3 is 2.59 bits per heavy atom. The number of benzene rings is 2. The maximum absolute atomic E-state index is 12.8. The summed E-state index contributed by atoms with van der Waals surface area (Å²) in [6.45, 7) is 3.99. The summed E-state index contributed by atoms with van der Waals surface area (Å²) in [5.74, 6) is -0.565. The van der Waals surface area contributed by atoms with E-state index in [1.807, 2.05) is 50.2 Å². The van der Waals surface area contributed by atoms with E-state index in [4.69, 9.17) is 0 Å². The molecule has 0 saturated heterocycles. The van der Waals surface area contributed by atoms with Gasteiger partial charge in [0.15, 0.2) is 5.78 Å². The van der Waals surface area contributed by atoms with Gasteiger partial charge in [-0.1, -0.05) is 50.2 Å². The maximum atomic E-state index is 12.8. The van der Waals surface area contributed by atoms with Crippen molar-refractivity contribution in [3.05, 3.63) is 75.7 Å². The third kappa shape index (κ3) is 3.16. The van der Waals surface area contributed by atoms with Crippen molar-refractivity contribution in [2.75, 3.05) is 5.32 Å². The van der Waals surface area contributed by atoms with Gasteiger partial charge in [-0.3, -0.25) is 14.4 Å². The first-order valence-electron chi connectivity index (χ1n) is 8.93. The van der Waals surface area contributed by atoms with E-state index in [-0.39, 0.29) is 16.8 Å². The predicted molar refractivity (Wildman–Crippen MR) is 105 cm³/mol. The number of aromatic amines is 1. The summed E-state index contributed by atoms with van der Waals surface area (Å²) in [7, 11) is 0. The van der Waals surface area contributed by atoms with Crippen LogP contribution in [0.2, 0.25) is 0 Å². The molecule has 1 aliphatic rings. The highest BCUT2D eigenvalue weighted by atomic mass is 16.2. The van der Waals surface area contributed by atoms with E-state index in [2.05, 4.69) is 10.3 Å². The third-order valence-corrected chi connectivity index (χ3v) is 5.00. The molecule has 0 bridgehead atoms. The zero-order chi connectivity index (χ0) is 19.2. The molecule has 0 radical (unpaired) electrons. The van der Waals surface area contributed by atoms with Crippen molar-refractivity contribution in [1.82, 2.24) is 4.98 Å². The Morgan fingerprint density at radius 2 is 1.78 bits per heavy atom. The molecule has 1 heterocycles. The van der Waals surface area contributed by atoms with Gasteiger partial charge in [0, 0.05) is 28.8 Å². The molecule has 1 aromatic heterocycles. The van der Waals surface area contributed by atoms with Crippen LogP contribution in [-0.2, 0) is 6.42 Å². The number of carbonyl (C=O) groups is 2. The number of fused-ring (bicyclic) bond motifs is 2. The monoisotopic (exact) mass is 360 g/mol. The van der Waals surface area contributed by atoms with Gasteiger partial charge in [0.2, 0.25) is 0 Å². The summed E-state index contributed by atoms with van der Waals surface area (Å²) >= 11 is 0. The molecule has 2 aromatic carbocycles. The molecule has 3 aromatic rings. The number of pyridine rings is 1. The number of rotatable bonds is 2. The van der Waals surface area contributed by atoms with Crippen LogP contribution >= 0.6 is 0 Å². The van der Waals surface area contributed by atoms with Gasteiger partial charge in [-0.05, 0) is 29.4 Å². The van der Waals surface area contributed by atoms with Crippen molar-refractivity contribution in [3.63, 3.8) is 0 Å². The molecule has 1 aliphatic carbocycles. The van der Waals surface area contributed by atoms with Gasteiger partial charge in [-0.2, -0.15) is 0 Å².